The first kappa shape index (κ1) is 15.6. The molecule has 0 aliphatic carbocycles. The van der Waals surface area contributed by atoms with Crippen LogP contribution in [0.2, 0.25) is 5.02 Å². The second-order valence-electron chi connectivity index (χ2n) is 4.22. The van der Waals surface area contributed by atoms with Crippen molar-refractivity contribution >= 4 is 11.6 Å². The molecule has 1 heterocycles. The maximum atomic E-state index is 6.05. The first-order chi connectivity index (χ1) is 8.29. The molecule has 0 bridgehead atoms. The third-order valence-corrected chi connectivity index (χ3v) is 3.20. The molecule has 3 nitrogen and oxygen atoms in total. The van der Waals surface area contributed by atoms with Crippen molar-refractivity contribution in [2.24, 2.45) is 0 Å². The van der Waals surface area contributed by atoms with Gasteiger partial charge in [0.15, 0.2) is 0 Å². The second-order valence-corrected chi connectivity index (χ2v) is 4.66. The summed E-state index contributed by atoms with van der Waals surface area (Å²) >= 11 is 6.05. The topological polar surface area (TPSA) is 22.9 Å². The molecule has 0 spiro atoms. The second kappa shape index (κ2) is 7.85. The average Bonchev–Trinajstić information content (AvgIpc) is 2.34. The van der Waals surface area contributed by atoms with Gasteiger partial charge in [-0.25, -0.2) is 0 Å². The Morgan fingerprint density at radius 2 is 2.06 bits per heavy atom. The Labute approximate surface area is 119 Å². The van der Waals surface area contributed by atoms with Crippen molar-refractivity contribution in [2.45, 2.75) is 13.5 Å². The largest absolute Gasteiger partial charge is 1.00 e. The van der Waals surface area contributed by atoms with Crippen LogP contribution in [-0.2, 0) is 11.3 Å². The fraction of sp³-hybridized carbons (Fsp3) is 0.538. The molecule has 1 aliphatic heterocycles. The standard InChI is InChI=1S/C13H18ClNO2.ClH/c1-2-17-13-4-3-12(14)9-11(13)10-15-5-7-16-8-6-15;/h3-4,9H,2,5-8,10H2,1H3;1H. The van der Waals surface area contributed by atoms with E-state index >= 15 is 0 Å². The average molecular weight is 292 g/mol. The van der Waals surface area contributed by atoms with E-state index in [0.29, 0.717) is 6.61 Å². The van der Waals surface area contributed by atoms with Crippen molar-refractivity contribution in [2.75, 3.05) is 32.9 Å². The highest BCUT2D eigenvalue weighted by molar-refractivity contribution is 6.30. The van der Waals surface area contributed by atoms with E-state index in [9.17, 15) is 0 Å². The molecule has 0 atom stereocenters. The Hall–Kier alpha value is -0.480. The van der Waals surface area contributed by atoms with Crippen LogP contribution in [-0.4, -0.2) is 32.9 Å². The lowest BCUT2D eigenvalue weighted by Gasteiger charge is -2.24. The number of hydrogen-bond acceptors (Lipinski definition) is 2. The maximum absolute atomic E-state index is 6.05. The summed E-state index contributed by atoms with van der Waals surface area (Å²) in [6.45, 7) is 7.45. The number of benzene rings is 1. The van der Waals surface area contributed by atoms with E-state index in [1.165, 1.54) is 10.5 Å². The Balaban J connectivity index is 0.00000162. The minimum atomic E-state index is 0. The smallest absolute Gasteiger partial charge is 0.128 e. The molecule has 1 saturated heterocycles. The molecule has 102 valence electrons. The fourth-order valence-electron chi connectivity index (χ4n) is 2.09. The van der Waals surface area contributed by atoms with Gasteiger partial charge in [0, 0.05) is 10.6 Å². The van der Waals surface area contributed by atoms with Gasteiger partial charge in [-0.05, 0) is 25.1 Å². The summed E-state index contributed by atoms with van der Waals surface area (Å²) in [6, 6.07) is 5.85. The van der Waals surface area contributed by atoms with Crippen LogP contribution in [0.25, 0.3) is 0 Å². The molecule has 18 heavy (non-hydrogen) atoms. The molecule has 1 aromatic rings. The predicted octanol–water partition coefficient (Wildman–Crippen LogP) is -1.84. The fourth-order valence-corrected chi connectivity index (χ4v) is 2.28. The van der Waals surface area contributed by atoms with E-state index in [1.807, 2.05) is 25.1 Å². The Kier molecular flexibility index (Phi) is 6.79. The van der Waals surface area contributed by atoms with Crippen LogP contribution < -0.4 is 22.0 Å². The zero-order valence-corrected chi connectivity index (χ0v) is 12.1. The summed E-state index contributed by atoms with van der Waals surface area (Å²) in [4.78, 5) is 1.53. The molecule has 0 saturated carbocycles. The monoisotopic (exact) mass is 291 g/mol. The first-order valence-corrected chi connectivity index (χ1v) is 6.50. The normalized spacial score (nSPS) is 16.1. The van der Waals surface area contributed by atoms with Crippen molar-refractivity contribution in [3.63, 3.8) is 0 Å². The molecule has 2 rings (SSSR count). The van der Waals surface area contributed by atoms with Crippen LogP contribution >= 0.6 is 11.6 Å². The van der Waals surface area contributed by atoms with E-state index in [-0.39, 0.29) is 12.4 Å². The molecule has 0 amide bonds. The van der Waals surface area contributed by atoms with E-state index in [1.54, 1.807) is 0 Å². The van der Waals surface area contributed by atoms with Gasteiger partial charge >= 0.3 is 0 Å². The summed E-state index contributed by atoms with van der Waals surface area (Å²) in [6.07, 6.45) is 0. The molecule has 0 aromatic heterocycles. The van der Waals surface area contributed by atoms with Gasteiger partial charge in [-0.3, -0.25) is 0 Å². The molecule has 1 aliphatic rings. The molecule has 1 aromatic carbocycles. The minimum Gasteiger partial charge on any atom is -1.00 e. The van der Waals surface area contributed by atoms with Crippen LogP contribution in [0, 0.1) is 0 Å². The van der Waals surface area contributed by atoms with Crippen LogP contribution in [0.1, 0.15) is 12.5 Å². The van der Waals surface area contributed by atoms with Gasteiger partial charge < -0.3 is 26.8 Å². The van der Waals surface area contributed by atoms with E-state index in [2.05, 4.69) is 0 Å². The lowest BCUT2D eigenvalue weighted by molar-refractivity contribution is -0.921. The summed E-state index contributed by atoms with van der Waals surface area (Å²) in [5.41, 5.74) is 1.19. The quantitative estimate of drug-likeness (QED) is 0.705. The number of nitrogens with one attached hydrogen (secondary N) is 1. The Morgan fingerprint density at radius 1 is 1.33 bits per heavy atom. The molecule has 0 radical (unpaired) electrons. The summed E-state index contributed by atoms with van der Waals surface area (Å²) in [7, 11) is 0. The first-order valence-electron chi connectivity index (χ1n) is 6.12. The van der Waals surface area contributed by atoms with E-state index in [0.717, 1.165) is 43.6 Å². The van der Waals surface area contributed by atoms with Crippen molar-refractivity contribution in [3.8, 4) is 5.75 Å². The van der Waals surface area contributed by atoms with Gasteiger partial charge in [0.25, 0.3) is 0 Å². The number of morpholine rings is 1. The van der Waals surface area contributed by atoms with Gasteiger partial charge in [-0.1, -0.05) is 11.6 Å². The van der Waals surface area contributed by atoms with Gasteiger partial charge in [-0.2, -0.15) is 0 Å². The summed E-state index contributed by atoms with van der Waals surface area (Å²) in [5, 5.41) is 0.774. The zero-order valence-electron chi connectivity index (χ0n) is 10.5. The van der Waals surface area contributed by atoms with Gasteiger partial charge in [0.2, 0.25) is 0 Å². The van der Waals surface area contributed by atoms with Crippen LogP contribution in [0.4, 0.5) is 0 Å². The number of halogens is 2. The maximum Gasteiger partial charge on any atom is 0.128 e. The Morgan fingerprint density at radius 3 is 2.72 bits per heavy atom. The number of hydrogen-bond donors (Lipinski definition) is 1. The van der Waals surface area contributed by atoms with Crippen LogP contribution in [0.5, 0.6) is 5.75 Å². The SMILES string of the molecule is CCOc1ccc(Cl)cc1C[NH+]1CCOCC1.[Cl-]. The third kappa shape index (κ3) is 4.32. The molecule has 5 heteroatoms. The molecule has 0 unspecified atom stereocenters. The lowest BCUT2D eigenvalue weighted by Crippen LogP contribution is -3.12. The summed E-state index contributed by atoms with van der Waals surface area (Å²) < 4.78 is 11.0. The van der Waals surface area contributed by atoms with Crippen molar-refractivity contribution in [1.29, 1.82) is 0 Å². The van der Waals surface area contributed by atoms with Gasteiger partial charge in [0.1, 0.15) is 25.4 Å². The van der Waals surface area contributed by atoms with Crippen LogP contribution in [0.3, 0.4) is 0 Å². The lowest BCUT2D eigenvalue weighted by atomic mass is 10.2. The highest BCUT2D eigenvalue weighted by atomic mass is 35.5. The number of quaternary nitrogens is 1. The van der Waals surface area contributed by atoms with Gasteiger partial charge in [0.05, 0.1) is 19.8 Å². The zero-order chi connectivity index (χ0) is 12.1. The van der Waals surface area contributed by atoms with Gasteiger partial charge in [-0.15, -0.1) is 0 Å². The van der Waals surface area contributed by atoms with Crippen molar-refractivity contribution in [1.82, 2.24) is 0 Å². The van der Waals surface area contributed by atoms with E-state index < -0.39 is 0 Å². The highest BCUT2D eigenvalue weighted by Gasteiger charge is 2.16. The number of rotatable bonds is 4. The molecule has 1 N–H and O–H groups in total. The van der Waals surface area contributed by atoms with E-state index in [4.69, 9.17) is 21.1 Å². The Bertz CT molecular complexity index is 368. The molecular weight excluding hydrogens is 273 g/mol. The van der Waals surface area contributed by atoms with Crippen molar-refractivity contribution in [3.05, 3.63) is 28.8 Å². The van der Waals surface area contributed by atoms with Crippen molar-refractivity contribution < 1.29 is 26.8 Å². The third-order valence-electron chi connectivity index (χ3n) is 2.96. The molecule has 1 fully saturated rings. The highest BCUT2D eigenvalue weighted by Crippen LogP contribution is 2.22. The van der Waals surface area contributed by atoms with Crippen LogP contribution in [0.15, 0.2) is 18.2 Å². The molecular formula is C13H19Cl2NO2. The minimum absolute atomic E-state index is 0. The number of ether oxygens (including phenoxy) is 2. The summed E-state index contributed by atoms with van der Waals surface area (Å²) in [5.74, 6) is 0.955. The predicted molar refractivity (Wildman–Crippen MR) is 67.8 cm³/mol.